The van der Waals surface area contributed by atoms with E-state index >= 15 is 0 Å². The Morgan fingerprint density at radius 3 is 2.31 bits per heavy atom. The third kappa shape index (κ3) is 4.92. The molecule has 1 aliphatic rings. The first-order valence-corrected chi connectivity index (χ1v) is 10.5. The maximum Gasteiger partial charge on any atom is 0.387 e. The van der Waals surface area contributed by atoms with Crippen LogP contribution in [0.15, 0.2) is 54.7 Å². The molecule has 188 valence electrons. The highest BCUT2D eigenvalue weighted by Crippen LogP contribution is 2.36. The van der Waals surface area contributed by atoms with E-state index < -0.39 is 53.4 Å². The van der Waals surface area contributed by atoms with Gasteiger partial charge in [-0.2, -0.15) is 8.78 Å². The monoisotopic (exact) mass is 507 g/mol. The molecular weight excluding hydrogens is 489 g/mol. The second kappa shape index (κ2) is 10.2. The van der Waals surface area contributed by atoms with Gasteiger partial charge in [-0.05, 0) is 36.4 Å². The van der Waals surface area contributed by atoms with Crippen molar-refractivity contribution in [3.63, 3.8) is 0 Å². The van der Waals surface area contributed by atoms with Gasteiger partial charge in [0.1, 0.15) is 29.2 Å². The number of hydrogen-bond donors (Lipinski definition) is 1. The summed E-state index contributed by atoms with van der Waals surface area (Å²) in [6.07, 6.45) is 1.24. The number of rotatable bonds is 7. The minimum atomic E-state index is -3.06. The first-order valence-electron chi connectivity index (χ1n) is 10.5. The van der Waals surface area contributed by atoms with Crippen LogP contribution in [-0.4, -0.2) is 43.1 Å². The van der Waals surface area contributed by atoms with Gasteiger partial charge in [0.15, 0.2) is 11.6 Å². The summed E-state index contributed by atoms with van der Waals surface area (Å²) in [5, 5.41) is 2.42. The molecule has 1 N–H and O–H groups in total. The molecule has 7 nitrogen and oxygen atoms in total. The number of anilines is 1. The average molecular weight is 507 g/mol. The third-order valence-corrected chi connectivity index (χ3v) is 5.60. The van der Waals surface area contributed by atoms with Crippen molar-refractivity contribution < 1.29 is 41.0 Å². The van der Waals surface area contributed by atoms with Gasteiger partial charge in [-0.15, -0.1) is 0 Å². The Labute approximate surface area is 201 Å². The fourth-order valence-electron chi connectivity index (χ4n) is 3.96. The van der Waals surface area contributed by atoms with Crippen molar-refractivity contribution in [1.29, 1.82) is 0 Å². The predicted molar refractivity (Wildman–Crippen MR) is 117 cm³/mol. The van der Waals surface area contributed by atoms with Gasteiger partial charge in [-0.3, -0.25) is 14.5 Å². The second-order valence-corrected chi connectivity index (χ2v) is 7.72. The molecule has 3 aromatic rings. The van der Waals surface area contributed by atoms with Crippen LogP contribution >= 0.6 is 0 Å². The van der Waals surface area contributed by atoms with Gasteiger partial charge in [0.2, 0.25) is 0 Å². The van der Waals surface area contributed by atoms with E-state index in [4.69, 9.17) is 4.74 Å². The summed E-state index contributed by atoms with van der Waals surface area (Å²) in [5.74, 6) is -6.52. The van der Waals surface area contributed by atoms with E-state index in [0.717, 1.165) is 35.2 Å². The Hall–Kier alpha value is -4.22. The van der Waals surface area contributed by atoms with Crippen molar-refractivity contribution in [1.82, 2.24) is 10.3 Å². The smallest absolute Gasteiger partial charge is 0.387 e. The molecule has 0 radical (unpaired) electrons. The van der Waals surface area contributed by atoms with Crippen molar-refractivity contribution >= 4 is 17.6 Å². The van der Waals surface area contributed by atoms with Crippen LogP contribution in [0.3, 0.4) is 0 Å². The summed E-state index contributed by atoms with van der Waals surface area (Å²) in [6, 6.07) is 7.29. The summed E-state index contributed by atoms with van der Waals surface area (Å²) in [7, 11) is 1.22. The van der Waals surface area contributed by atoms with Crippen LogP contribution < -0.4 is 19.7 Å². The van der Waals surface area contributed by atoms with Crippen LogP contribution in [0.5, 0.6) is 11.5 Å². The highest BCUT2D eigenvalue weighted by Gasteiger charge is 2.46. The standard InChI is InChI=1S/C24H18F5N3O4/c1-35-14-9-17(26)19(18(27)10-14)15-11-32(21-16(25)3-2-8-30-21)23(34)20(15)31-22(33)12-4-6-13(7-5-12)36-24(28)29/h2-10,15,20,24H,11H2,1H3,(H,31,33)/t15-,20?/m0/s1. The van der Waals surface area contributed by atoms with E-state index in [1.165, 1.54) is 31.5 Å². The summed E-state index contributed by atoms with van der Waals surface area (Å²) in [5.41, 5.74) is -0.546. The minimum Gasteiger partial charge on any atom is -0.497 e. The molecule has 1 fully saturated rings. The Balaban J connectivity index is 1.69. The number of halogens is 5. The number of nitrogens with zero attached hydrogens (tertiary/aromatic N) is 2. The lowest BCUT2D eigenvalue weighted by molar-refractivity contribution is -0.118. The molecule has 36 heavy (non-hydrogen) atoms. The Kier molecular flexibility index (Phi) is 7.04. The van der Waals surface area contributed by atoms with Crippen LogP contribution in [0.2, 0.25) is 0 Å². The summed E-state index contributed by atoms with van der Waals surface area (Å²) in [6.45, 7) is -3.45. The van der Waals surface area contributed by atoms with Crippen LogP contribution in [0.1, 0.15) is 21.8 Å². The van der Waals surface area contributed by atoms with E-state index in [0.29, 0.717) is 0 Å². The lowest BCUT2D eigenvalue weighted by atomic mass is 9.92. The van der Waals surface area contributed by atoms with E-state index in [1.54, 1.807) is 0 Å². The maximum absolute atomic E-state index is 14.9. The SMILES string of the molecule is COc1cc(F)c([C@@H]2CN(c3ncccc3F)C(=O)C2NC(=O)c2ccc(OC(F)F)cc2)c(F)c1. The first kappa shape index (κ1) is 24.9. The molecule has 2 atom stereocenters. The van der Waals surface area contributed by atoms with E-state index in [2.05, 4.69) is 15.0 Å². The number of ether oxygens (including phenoxy) is 2. The maximum atomic E-state index is 14.9. The number of amides is 2. The number of pyridine rings is 1. The second-order valence-electron chi connectivity index (χ2n) is 7.72. The summed E-state index contributed by atoms with van der Waals surface area (Å²) in [4.78, 5) is 30.9. The van der Waals surface area contributed by atoms with Crippen LogP contribution in [0.25, 0.3) is 0 Å². The number of aromatic nitrogens is 1. The van der Waals surface area contributed by atoms with Crippen molar-refractivity contribution in [2.24, 2.45) is 0 Å². The Morgan fingerprint density at radius 2 is 1.72 bits per heavy atom. The number of methoxy groups -OCH3 is 1. The van der Waals surface area contributed by atoms with E-state index in [9.17, 15) is 31.5 Å². The van der Waals surface area contributed by atoms with Crippen molar-refractivity contribution in [3.05, 3.63) is 83.3 Å². The van der Waals surface area contributed by atoms with Crippen molar-refractivity contribution in [3.8, 4) is 11.5 Å². The molecule has 12 heteroatoms. The molecule has 0 spiro atoms. The largest absolute Gasteiger partial charge is 0.497 e. The number of hydrogen-bond acceptors (Lipinski definition) is 5. The van der Waals surface area contributed by atoms with E-state index in [1.807, 2.05) is 0 Å². The van der Waals surface area contributed by atoms with Gasteiger partial charge < -0.3 is 14.8 Å². The zero-order chi connectivity index (χ0) is 26.0. The number of alkyl halides is 2. The number of carbonyl (C=O) groups is 2. The zero-order valence-electron chi connectivity index (χ0n) is 18.6. The number of carbonyl (C=O) groups excluding carboxylic acids is 2. The molecular formula is C24H18F5N3O4. The molecule has 2 amide bonds. The van der Waals surface area contributed by atoms with Gasteiger partial charge in [0.25, 0.3) is 11.8 Å². The zero-order valence-corrected chi connectivity index (χ0v) is 18.6. The summed E-state index contributed by atoms with van der Waals surface area (Å²) >= 11 is 0. The molecule has 0 aliphatic carbocycles. The lowest BCUT2D eigenvalue weighted by Gasteiger charge is -2.20. The molecule has 4 rings (SSSR count). The van der Waals surface area contributed by atoms with Crippen molar-refractivity contribution in [2.45, 2.75) is 18.6 Å². The Morgan fingerprint density at radius 1 is 1.06 bits per heavy atom. The third-order valence-electron chi connectivity index (χ3n) is 5.60. The average Bonchev–Trinajstić information content (AvgIpc) is 3.14. The van der Waals surface area contributed by atoms with Crippen LogP contribution in [0.4, 0.5) is 27.8 Å². The van der Waals surface area contributed by atoms with Gasteiger partial charge in [0.05, 0.1) is 7.11 Å². The van der Waals surface area contributed by atoms with E-state index in [-0.39, 0.29) is 29.4 Å². The van der Waals surface area contributed by atoms with Gasteiger partial charge in [0, 0.05) is 41.9 Å². The van der Waals surface area contributed by atoms with Gasteiger partial charge in [-0.25, -0.2) is 18.2 Å². The quantitative estimate of drug-likeness (QED) is 0.489. The first-order chi connectivity index (χ1) is 17.2. The van der Waals surface area contributed by atoms with Crippen LogP contribution in [0, 0.1) is 17.5 Å². The summed E-state index contributed by atoms with van der Waals surface area (Å²) < 4.78 is 78.1. The van der Waals surface area contributed by atoms with Gasteiger partial charge >= 0.3 is 6.61 Å². The molecule has 0 saturated carbocycles. The van der Waals surface area contributed by atoms with Crippen LogP contribution in [-0.2, 0) is 4.79 Å². The lowest BCUT2D eigenvalue weighted by Crippen LogP contribution is -2.44. The van der Waals surface area contributed by atoms with Gasteiger partial charge in [-0.1, -0.05) is 0 Å². The predicted octanol–water partition coefficient (Wildman–Crippen LogP) is 4.04. The molecule has 1 unspecified atom stereocenters. The highest BCUT2D eigenvalue weighted by molar-refractivity contribution is 6.04. The molecule has 2 aromatic carbocycles. The fourth-order valence-corrected chi connectivity index (χ4v) is 3.96. The molecule has 0 bridgehead atoms. The topological polar surface area (TPSA) is 80.8 Å². The molecule has 1 aromatic heterocycles. The molecule has 1 aliphatic heterocycles. The Bertz CT molecular complexity index is 1270. The minimum absolute atomic E-state index is 0.0405. The fraction of sp³-hybridized carbons (Fsp3) is 0.208. The normalized spacial score (nSPS) is 17.4. The number of nitrogens with one attached hydrogen (secondary N) is 1. The highest BCUT2D eigenvalue weighted by atomic mass is 19.3. The molecule has 1 saturated heterocycles. The number of benzene rings is 2. The molecule has 2 heterocycles. The van der Waals surface area contributed by atoms with Crippen molar-refractivity contribution in [2.75, 3.05) is 18.6 Å².